The molecule has 0 bridgehead atoms. The lowest BCUT2D eigenvalue weighted by Gasteiger charge is -2.14. The van der Waals surface area contributed by atoms with Crippen LogP contribution >= 0.6 is 11.8 Å². The van der Waals surface area contributed by atoms with Gasteiger partial charge in [-0.3, -0.25) is 14.3 Å². The van der Waals surface area contributed by atoms with Crippen molar-refractivity contribution in [2.24, 2.45) is 0 Å². The van der Waals surface area contributed by atoms with E-state index in [0.29, 0.717) is 17.6 Å². The third kappa shape index (κ3) is 5.46. The van der Waals surface area contributed by atoms with Crippen molar-refractivity contribution in [1.29, 1.82) is 0 Å². The molecule has 4 rings (SSSR count). The Kier molecular flexibility index (Phi) is 7.59. The fourth-order valence-corrected chi connectivity index (χ4v) is 4.27. The molecule has 0 fully saturated rings. The quantitative estimate of drug-likeness (QED) is 0.327. The summed E-state index contributed by atoms with van der Waals surface area (Å²) in [7, 11) is 0. The van der Waals surface area contributed by atoms with Gasteiger partial charge in [-0.15, -0.1) is 10.2 Å². The van der Waals surface area contributed by atoms with Crippen LogP contribution in [0.15, 0.2) is 78.2 Å². The van der Waals surface area contributed by atoms with Gasteiger partial charge in [0.2, 0.25) is 5.91 Å². The van der Waals surface area contributed by atoms with Crippen molar-refractivity contribution < 1.29 is 9.53 Å². The molecule has 7 nitrogen and oxygen atoms in total. The Morgan fingerprint density at radius 2 is 1.82 bits per heavy atom. The number of ether oxygens (including phenoxy) is 1. The second-order valence-electron chi connectivity index (χ2n) is 7.61. The molecule has 8 heteroatoms. The number of aryl methyl sites for hydroxylation is 1. The minimum Gasteiger partial charge on any atom is -0.494 e. The average molecular weight is 474 g/mol. The molecular weight excluding hydrogens is 446 g/mol. The molecule has 2 aromatic heterocycles. The molecule has 174 valence electrons. The summed E-state index contributed by atoms with van der Waals surface area (Å²) in [5, 5.41) is 12.1. The van der Waals surface area contributed by atoms with E-state index in [9.17, 15) is 4.79 Å². The van der Waals surface area contributed by atoms with Crippen LogP contribution < -0.4 is 10.1 Å². The molecule has 1 atom stereocenters. The van der Waals surface area contributed by atoms with Crippen molar-refractivity contribution in [2.75, 3.05) is 11.9 Å². The third-order valence-corrected chi connectivity index (χ3v) is 6.28. The number of pyridine rings is 1. The molecule has 1 amide bonds. The van der Waals surface area contributed by atoms with Crippen LogP contribution in [0, 0.1) is 0 Å². The number of carbonyl (C=O) groups is 1. The van der Waals surface area contributed by atoms with E-state index in [1.807, 2.05) is 79.1 Å². The zero-order valence-electron chi connectivity index (χ0n) is 19.4. The maximum Gasteiger partial charge on any atom is 0.237 e. The summed E-state index contributed by atoms with van der Waals surface area (Å²) in [6.45, 7) is 6.52. The van der Waals surface area contributed by atoms with Crippen molar-refractivity contribution in [3.63, 3.8) is 0 Å². The van der Waals surface area contributed by atoms with Crippen LogP contribution in [0.2, 0.25) is 0 Å². The molecule has 0 saturated heterocycles. The monoisotopic (exact) mass is 473 g/mol. The van der Waals surface area contributed by atoms with Gasteiger partial charge >= 0.3 is 0 Å². The van der Waals surface area contributed by atoms with Crippen LogP contribution in [-0.4, -0.2) is 37.5 Å². The van der Waals surface area contributed by atoms with Gasteiger partial charge in [-0.25, -0.2) is 0 Å². The fraction of sp³-hybridized carbons (Fsp3) is 0.231. The molecule has 2 aromatic carbocycles. The average Bonchev–Trinajstić information content (AvgIpc) is 3.29. The van der Waals surface area contributed by atoms with Gasteiger partial charge in [-0.05, 0) is 74.4 Å². The fourth-order valence-electron chi connectivity index (χ4n) is 3.40. The van der Waals surface area contributed by atoms with Gasteiger partial charge in [0.15, 0.2) is 11.0 Å². The smallest absolute Gasteiger partial charge is 0.237 e. The maximum atomic E-state index is 12.9. The minimum absolute atomic E-state index is 0.0987. The number of thioether (sulfide) groups is 1. The van der Waals surface area contributed by atoms with E-state index < -0.39 is 5.25 Å². The number of hydrogen-bond acceptors (Lipinski definition) is 6. The Hall–Kier alpha value is -3.65. The molecular formula is C26H27N5O2S. The Bertz CT molecular complexity index is 1220. The normalized spacial score (nSPS) is 11.7. The molecule has 2 heterocycles. The number of aromatic nitrogens is 4. The summed E-state index contributed by atoms with van der Waals surface area (Å²) in [5.41, 5.74) is 3.71. The van der Waals surface area contributed by atoms with Gasteiger partial charge in [-0.1, -0.05) is 30.8 Å². The molecule has 0 spiro atoms. The summed E-state index contributed by atoms with van der Waals surface area (Å²) in [5.74, 6) is 1.35. The van der Waals surface area contributed by atoms with Gasteiger partial charge < -0.3 is 10.1 Å². The number of nitrogens with one attached hydrogen (secondary N) is 1. The summed E-state index contributed by atoms with van der Waals surface area (Å²) < 4.78 is 7.52. The van der Waals surface area contributed by atoms with E-state index in [-0.39, 0.29) is 5.91 Å². The van der Waals surface area contributed by atoms with Crippen molar-refractivity contribution in [2.45, 2.75) is 37.6 Å². The highest BCUT2D eigenvalue weighted by molar-refractivity contribution is 8.00. The van der Waals surface area contributed by atoms with Gasteiger partial charge in [0.05, 0.1) is 11.9 Å². The van der Waals surface area contributed by atoms with Crippen LogP contribution in [-0.2, 0) is 11.2 Å². The highest BCUT2D eigenvalue weighted by atomic mass is 32.2. The zero-order valence-corrected chi connectivity index (χ0v) is 20.2. The second kappa shape index (κ2) is 11.0. The van der Waals surface area contributed by atoms with Gasteiger partial charge in [0, 0.05) is 29.3 Å². The van der Waals surface area contributed by atoms with Crippen molar-refractivity contribution in [3.8, 4) is 22.8 Å². The standard InChI is InChI=1S/C26H27N5O2S/c1-4-19-8-10-21(11-9-19)28-25(32)18(3)34-26-30-29-24(20-7-6-16-27-17-20)31(26)22-12-14-23(15-13-22)33-5-2/h6-18H,4-5H2,1-3H3,(H,28,32)/t18-/m0/s1. The third-order valence-electron chi connectivity index (χ3n) is 5.24. The number of amides is 1. The maximum absolute atomic E-state index is 12.9. The molecule has 0 radical (unpaired) electrons. The molecule has 0 aliphatic rings. The van der Waals surface area contributed by atoms with E-state index in [2.05, 4.69) is 27.4 Å². The number of rotatable bonds is 9. The predicted molar refractivity (Wildman–Crippen MR) is 136 cm³/mol. The number of anilines is 1. The molecule has 0 aliphatic heterocycles. The van der Waals surface area contributed by atoms with Gasteiger partial charge in [-0.2, -0.15) is 0 Å². The molecule has 34 heavy (non-hydrogen) atoms. The summed E-state index contributed by atoms with van der Waals surface area (Å²) in [6, 6.07) is 19.4. The van der Waals surface area contributed by atoms with E-state index in [4.69, 9.17) is 4.74 Å². The largest absolute Gasteiger partial charge is 0.494 e. The van der Waals surface area contributed by atoms with E-state index in [1.54, 1.807) is 12.4 Å². The minimum atomic E-state index is -0.391. The number of hydrogen-bond donors (Lipinski definition) is 1. The molecule has 4 aromatic rings. The summed E-state index contributed by atoms with van der Waals surface area (Å²) in [6.07, 6.45) is 4.43. The van der Waals surface area contributed by atoms with Crippen LogP contribution in [0.25, 0.3) is 17.1 Å². The second-order valence-corrected chi connectivity index (χ2v) is 8.92. The topological polar surface area (TPSA) is 81.9 Å². The van der Waals surface area contributed by atoms with E-state index in [1.165, 1.54) is 17.3 Å². The lowest BCUT2D eigenvalue weighted by atomic mass is 10.1. The summed E-state index contributed by atoms with van der Waals surface area (Å²) in [4.78, 5) is 17.1. The predicted octanol–water partition coefficient (Wildman–Crippen LogP) is 5.41. The summed E-state index contributed by atoms with van der Waals surface area (Å²) >= 11 is 1.36. The molecule has 1 N–H and O–H groups in total. The van der Waals surface area contributed by atoms with Crippen molar-refractivity contribution in [3.05, 3.63) is 78.6 Å². The first-order chi connectivity index (χ1) is 16.6. The van der Waals surface area contributed by atoms with Gasteiger partial charge in [0.1, 0.15) is 5.75 Å². The van der Waals surface area contributed by atoms with E-state index in [0.717, 1.165) is 29.1 Å². The van der Waals surface area contributed by atoms with Crippen LogP contribution in [0.3, 0.4) is 0 Å². The van der Waals surface area contributed by atoms with Gasteiger partial charge in [0.25, 0.3) is 0 Å². The Morgan fingerprint density at radius 3 is 2.47 bits per heavy atom. The highest BCUT2D eigenvalue weighted by Gasteiger charge is 2.22. The van der Waals surface area contributed by atoms with Crippen molar-refractivity contribution >= 4 is 23.4 Å². The Balaban J connectivity index is 1.60. The molecule has 0 unspecified atom stereocenters. The lowest BCUT2D eigenvalue weighted by Crippen LogP contribution is -2.22. The van der Waals surface area contributed by atoms with Crippen LogP contribution in [0.5, 0.6) is 5.75 Å². The number of nitrogens with zero attached hydrogens (tertiary/aromatic N) is 4. The van der Waals surface area contributed by atoms with Crippen LogP contribution in [0.1, 0.15) is 26.3 Å². The number of benzene rings is 2. The van der Waals surface area contributed by atoms with E-state index >= 15 is 0 Å². The van der Waals surface area contributed by atoms with Crippen molar-refractivity contribution in [1.82, 2.24) is 19.7 Å². The molecule has 0 saturated carbocycles. The first kappa shape index (κ1) is 23.5. The lowest BCUT2D eigenvalue weighted by molar-refractivity contribution is -0.115. The van der Waals surface area contributed by atoms with Crippen LogP contribution in [0.4, 0.5) is 5.69 Å². The Morgan fingerprint density at radius 1 is 1.06 bits per heavy atom. The first-order valence-corrected chi connectivity index (χ1v) is 12.1. The molecule has 0 aliphatic carbocycles. The SMILES string of the molecule is CCOc1ccc(-n2c(S[C@@H](C)C(=O)Nc3ccc(CC)cc3)nnc2-c2cccnc2)cc1. The zero-order chi connectivity index (χ0) is 23.9. The first-order valence-electron chi connectivity index (χ1n) is 11.2. The highest BCUT2D eigenvalue weighted by Crippen LogP contribution is 2.31. The Labute approximate surface area is 203 Å². The number of carbonyl (C=O) groups excluding carboxylic acids is 1.